The molecule has 2 aromatic rings. The summed E-state index contributed by atoms with van der Waals surface area (Å²) in [5, 5.41) is 0.401. The molecule has 0 N–H and O–H groups in total. The summed E-state index contributed by atoms with van der Waals surface area (Å²) >= 11 is 6.02. The maximum absolute atomic E-state index is 11.4. The van der Waals surface area contributed by atoms with E-state index in [1.165, 1.54) is 6.92 Å². The molecular weight excluding hydrogens is 212 g/mol. The molecule has 0 aliphatic heterocycles. The maximum atomic E-state index is 11.4. The van der Waals surface area contributed by atoms with Crippen molar-refractivity contribution < 1.29 is 4.79 Å². The number of pyridine rings is 1. The van der Waals surface area contributed by atoms with E-state index in [2.05, 4.69) is 4.98 Å². The molecule has 3 nitrogen and oxygen atoms in total. The van der Waals surface area contributed by atoms with E-state index in [0.717, 1.165) is 12.2 Å². The topological polar surface area (TPSA) is 34.4 Å². The Labute approximate surface area is 92.7 Å². The van der Waals surface area contributed by atoms with Gasteiger partial charge < -0.3 is 4.40 Å². The maximum Gasteiger partial charge on any atom is 0.162 e. The van der Waals surface area contributed by atoms with Gasteiger partial charge in [-0.05, 0) is 19.1 Å². The number of imidazole rings is 1. The summed E-state index contributed by atoms with van der Waals surface area (Å²) in [4.78, 5) is 15.6. The van der Waals surface area contributed by atoms with Crippen LogP contribution in [0.2, 0.25) is 5.15 Å². The van der Waals surface area contributed by atoms with Gasteiger partial charge in [-0.1, -0.05) is 18.5 Å². The zero-order valence-corrected chi connectivity index (χ0v) is 9.38. The molecule has 0 saturated heterocycles. The number of aryl methyl sites for hydroxylation is 1. The van der Waals surface area contributed by atoms with Crippen molar-refractivity contribution in [1.29, 1.82) is 0 Å². The van der Waals surface area contributed by atoms with E-state index in [4.69, 9.17) is 11.6 Å². The summed E-state index contributed by atoms with van der Waals surface area (Å²) in [5.41, 5.74) is 1.33. The second-order valence-electron chi connectivity index (χ2n) is 3.37. The Bertz CT molecular complexity index is 531. The van der Waals surface area contributed by atoms with Gasteiger partial charge in [0.1, 0.15) is 5.82 Å². The summed E-state index contributed by atoms with van der Waals surface area (Å²) < 4.78 is 1.87. The van der Waals surface area contributed by atoms with Gasteiger partial charge in [0.05, 0.1) is 5.52 Å². The van der Waals surface area contributed by atoms with Crippen LogP contribution in [0.4, 0.5) is 0 Å². The summed E-state index contributed by atoms with van der Waals surface area (Å²) in [6.45, 7) is 3.54. The fourth-order valence-corrected chi connectivity index (χ4v) is 1.98. The summed E-state index contributed by atoms with van der Waals surface area (Å²) in [6.07, 6.45) is 2.66. The first kappa shape index (κ1) is 10.2. The summed E-state index contributed by atoms with van der Waals surface area (Å²) in [5.74, 6) is 0.878. The van der Waals surface area contributed by atoms with E-state index >= 15 is 0 Å². The van der Waals surface area contributed by atoms with E-state index in [1.54, 1.807) is 6.07 Å². The SMILES string of the molecule is CCc1nc(Cl)c2c(C(C)=O)cccn12. The van der Waals surface area contributed by atoms with E-state index in [1.807, 2.05) is 23.6 Å². The molecule has 2 heterocycles. The molecule has 0 spiro atoms. The van der Waals surface area contributed by atoms with Gasteiger partial charge in [-0.3, -0.25) is 4.79 Å². The molecule has 15 heavy (non-hydrogen) atoms. The van der Waals surface area contributed by atoms with Crippen molar-refractivity contribution in [2.45, 2.75) is 20.3 Å². The lowest BCUT2D eigenvalue weighted by Gasteiger charge is -2.01. The highest BCUT2D eigenvalue weighted by molar-refractivity contribution is 6.33. The van der Waals surface area contributed by atoms with Crippen molar-refractivity contribution in [3.8, 4) is 0 Å². The Morgan fingerprint density at radius 3 is 2.93 bits per heavy atom. The van der Waals surface area contributed by atoms with Crippen LogP contribution in [0.15, 0.2) is 18.3 Å². The van der Waals surface area contributed by atoms with Crippen molar-refractivity contribution in [2.24, 2.45) is 0 Å². The number of hydrogen-bond donors (Lipinski definition) is 0. The first-order valence-electron chi connectivity index (χ1n) is 4.81. The quantitative estimate of drug-likeness (QED) is 0.733. The van der Waals surface area contributed by atoms with Gasteiger partial charge in [0.25, 0.3) is 0 Å². The number of fused-ring (bicyclic) bond motifs is 1. The molecule has 0 bridgehead atoms. The van der Waals surface area contributed by atoms with Gasteiger partial charge >= 0.3 is 0 Å². The number of nitrogens with zero attached hydrogens (tertiary/aromatic N) is 2. The fourth-order valence-electron chi connectivity index (χ4n) is 1.69. The molecule has 2 aromatic heterocycles. The van der Waals surface area contributed by atoms with Crippen LogP contribution in [-0.2, 0) is 6.42 Å². The Hall–Kier alpha value is -1.35. The third kappa shape index (κ3) is 1.53. The lowest BCUT2D eigenvalue weighted by molar-refractivity contribution is 0.101. The summed E-state index contributed by atoms with van der Waals surface area (Å²) in [6, 6.07) is 3.60. The lowest BCUT2D eigenvalue weighted by Crippen LogP contribution is -1.98. The Kier molecular flexibility index (Phi) is 2.49. The van der Waals surface area contributed by atoms with E-state index < -0.39 is 0 Å². The number of Topliss-reactive ketones (excluding diaryl/α,β-unsaturated/α-hetero) is 1. The highest BCUT2D eigenvalue weighted by atomic mass is 35.5. The predicted octanol–water partition coefficient (Wildman–Crippen LogP) is 2.75. The van der Waals surface area contributed by atoms with Gasteiger partial charge in [-0.2, -0.15) is 0 Å². The molecule has 0 radical (unpaired) electrons. The van der Waals surface area contributed by atoms with Crippen LogP contribution >= 0.6 is 11.6 Å². The molecule has 0 aliphatic rings. The van der Waals surface area contributed by atoms with Gasteiger partial charge in [-0.15, -0.1) is 0 Å². The highest BCUT2D eigenvalue weighted by Gasteiger charge is 2.13. The number of aromatic nitrogens is 2. The van der Waals surface area contributed by atoms with Crippen molar-refractivity contribution in [1.82, 2.24) is 9.38 Å². The average Bonchev–Trinajstić information content (AvgIpc) is 2.55. The second-order valence-corrected chi connectivity index (χ2v) is 3.73. The molecule has 4 heteroatoms. The van der Waals surface area contributed by atoms with E-state index in [0.29, 0.717) is 16.2 Å². The van der Waals surface area contributed by atoms with E-state index in [9.17, 15) is 4.79 Å². The first-order chi connectivity index (χ1) is 7.15. The molecule has 0 saturated carbocycles. The summed E-state index contributed by atoms with van der Waals surface area (Å²) in [7, 11) is 0. The minimum Gasteiger partial charge on any atom is -0.302 e. The fraction of sp³-hybridized carbons (Fsp3) is 0.273. The molecule has 0 amide bonds. The molecule has 78 valence electrons. The zero-order valence-electron chi connectivity index (χ0n) is 8.62. The number of hydrogen-bond acceptors (Lipinski definition) is 2. The van der Waals surface area contributed by atoms with Gasteiger partial charge in [-0.25, -0.2) is 4.98 Å². The number of rotatable bonds is 2. The van der Waals surface area contributed by atoms with Crippen LogP contribution in [0.5, 0.6) is 0 Å². The van der Waals surface area contributed by atoms with E-state index in [-0.39, 0.29) is 5.78 Å². The average molecular weight is 223 g/mol. The normalized spacial score (nSPS) is 10.9. The Morgan fingerprint density at radius 1 is 1.60 bits per heavy atom. The van der Waals surface area contributed by atoms with Crippen molar-refractivity contribution in [3.63, 3.8) is 0 Å². The number of ketones is 1. The third-order valence-corrected chi connectivity index (χ3v) is 2.65. The van der Waals surface area contributed by atoms with Gasteiger partial charge in [0.2, 0.25) is 0 Å². The van der Waals surface area contributed by atoms with Crippen LogP contribution in [0.1, 0.15) is 30.0 Å². The van der Waals surface area contributed by atoms with Crippen LogP contribution in [0.25, 0.3) is 5.52 Å². The smallest absolute Gasteiger partial charge is 0.162 e. The van der Waals surface area contributed by atoms with Crippen molar-refractivity contribution in [3.05, 3.63) is 34.9 Å². The van der Waals surface area contributed by atoms with Crippen molar-refractivity contribution in [2.75, 3.05) is 0 Å². The first-order valence-corrected chi connectivity index (χ1v) is 5.19. The van der Waals surface area contributed by atoms with Crippen LogP contribution in [0, 0.1) is 0 Å². The monoisotopic (exact) mass is 222 g/mol. The molecule has 2 rings (SSSR count). The minimum absolute atomic E-state index is 0.00468. The molecule has 0 unspecified atom stereocenters. The molecule has 0 aromatic carbocycles. The largest absolute Gasteiger partial charge is 0.302 e. The zero-order chi connectivity index (χ0) is 11.0. The molecule has 0 fully saturated rings. The standard InChI is InChI=1S/C11H11ClN2O/c1-3-9-13-11(12)10-8(7(2)15)5-4-6-14(9)10/h4-6H,3H2,1-2H3. The number of halogens is 1. The lowest BCUT2D eigenvalue weighted by atomic mass is 10.2. The molecule has 0 atom stereocenters. The number of carbonyl (C=O) groups excluding carboxylic acids is 1. The Balaban J connectivity index is 2.86. The third-order valence-electron chi connectivity index (χ3n) is 2.39. The Morgan fingerprint density at radius 2 is 2.33 bits per heavy atom. The minimum atomic E-state index is 0.00468. The van der Waals surface area contributed by atoms with Gasteiger partial charge in [0, 0.05) is 18.2 Å². The predicted molar refractivity (Wildman–Crippen MR) is 59.6 cm³/mol. The highest BCUT2D eigenvalue weighted by Crippen LogP contribution is 2.22. The number of carbonyl (C=O) groups is 1. The van der Waals surface area contributed by atoms with Crippen LogP contribution < -0.4 is 0 Å². The van der Waals surface area contributed by atoms with Gasteiger partial charge in [0.15, 0.2) is 10.9 Å². The molecule has 0 aliphatic carbocycles. The molecular formula is C11H11ClN2O. The van der Waals surface area contributed by atoms with Crippen LogP contribution in [0.3, 0.4) is 0 Å². The van der Waals surface area contributed by atoms with Crippen LogP contribution in [-0.4, -0.2) is 15.2 Å². The second kappa shape index (κ2) is 3.66. The van der Waals surface area contributed by atoms with Crippen molar-refractivity contribution >= 4 is 22.9 Å².